The van der Waals surface area contributed by atoms with Gasteiger partial charge in [0, 0.05) is 24.1 Å². The predicted molar refractivity (Wildman–Crippen MR) is 132 cm³/mol. The lowest BCUT2D eigenvalue weighted by Crippen LogP contribution is -2.37. The maximum absolute atomic E-state index is 12.8. The van der Waals surface area contributed by atoms with Crippen LogP contribution in [0.3, 0.4) is 0 Å². The molecule has 1 fully saturated rings. The van der Waals surface area contributed by atoms with E-state index < -0.39 is 0 Å². The van der Waals surface area contributed by atoms with Gasteiger partial charge in [0.05, 0.1) is 28.6 Å². The van der Waals surface area contributed by atoms with Crippen LogP contribution in [-0.4, -0.2) is 54.1 Å². The van der Waals surface area contributed by atoms with Gasteiger partial charge in [-0.3, -0.25) is 14.2 Å². The molecule has 8 heteroatoms. The van der Waals surface area contributed by atoms with Gasteiger partial charge in [-0.25, -0.2) is 4.98 Å². The summed E-state index contributed by atoms with van der Waals surface area (Å²) in [6.07, 6.45) is 3.70. The number of carbonyl (C=O) groups excluding carboxylic acids is 1. The number of hydrogen-bond acceptors (Lipinski definition) is 5. The van der Waals surface area contributed by atoms with Crippen LogP contribution in [0.15, 0.2) is 58.1 Å². The van der Waals surface area contributed by atoms with E-state index in [1.54, 1.807) is 12.1 Å². The Kier molecular flexibility index (Phi) is 6.91. The van der Waals surface area contributed by atoms with E-state index in [0.29, 0.717) is 16.8 Å². The quantitative estimate of drug-likeness (QED) is 0.563. The largest absolute Gasteiger partial charge is 0.370 e. The number of hydrogen-bond donors (Lipinski definition) is 1. The van der Waals surface area contributed by atoms with E-state index in [1.807, 2.05) is 30.3 Å². The molecule has 0 radical (unpaired) electrons. The highest BCUT2D eigenvalue weighted by atomic mass is 79.9. The SMILES string of the molecule is CN(C)CC1CCN(c2ccccc2NC(=O)Cn2cnc3ccc(Br)cc3c2=O)CC1. The zero-order valence-corrected chi connectivity index (χ0v) is 20.0. The van der Waals surface area contributed by atoms with Gasteiger partial charge >= 0.3 is 0 Å². The Balaban J connectivity index is 1.46. The lowest BCUT2D eigenvalue weighted by Gasteiger charge is -2.35. The van der Waals surface area contributed by atoms with Crippen LogP contribution in [0, 0.1) is 5.92 Å². The molecule has 1 amide bonds. The zero-order valence-electron chi connectivity index (χ0n) is 18.4. The standard InChI is InChI=1S/C24H28BrN5O2/c1-28(2)14-17-9-11-29(12-10-17)22-6-4-3-5-21(22)27-23(31)15-30-16-26-20-8-7-18(25)13-19(20)24(30)32/h3-8,13,16-17H,9-12,14-15H2,1-2H3,(H,27,31). The molecular formula is C24H28BrN5O2. The Labute approximate surface area is 196 Å². The van der Waals surface area contributed by atoms with Crippen molar-refractivity contribution in [3.05, 3.63) is 63.6 Å². The number of halogens is 1. The molecule has 1 aromatic heterocycles. The Hall–Kier alpha value is -2.71. The fraction of sp³-hybridized carbons (Fsp3) is 0.375. The van der Waals surface area contributed by atoms with Crippen molar-refractivity contribution < 1.29 is 4.79 Å². The molecule has 2 heterocycles. The van der Waals surface area contributed by atoms with Crippen LogP contribution in [0.25, 0.3) is 10.9 Å². The maximum Gasteiger partial charge on any atom is 0.261 e. The Morgan fingerprint density at radius 3 is 2.69 bits per heavy atom. The normalized spacial score (nSPS) is 14.8. The molecular weight excluding hydrogens is 470 g/mol. The van der Waals surface area contributed by atoms with Gasteiger partial charge in [0.2, 0.25) is 5.91 Å². The van der Waals surface area contributed by atoms with E-state index in [4.69, 9.17) is 0 Å². The smallest absolute Gasteiger partial charge is 0.261 e. The van der Waals surface area contributed by atoms with E-state index in [1.165, 1.54) is 10.9 Å². The number of para-hydroxylation sites is 2. The highest BCUT2D eigenvalue weighted by molar-refractivity contribution is 9.10. The van der Waals surface area contributed by atoms with Crippen LogP contribution < -0.4 is 15.8 Å². The van der Waals surface area contributed by atoms with E-state index in [2.05, 4.69) is 50.1 Å². The first kappa shape index (κ1) is 22.5. The van der Waals surface area contributed by atoms with E-state index in [9.17, 15) is 9.59 Å². The van der Waals surface area contributed by atoms with Crippen LogP contribution in [0.5, 0.6) is 0 Å². The van der Waals surface area contributed by atoms with Gasteiger partial charge in [-0.15, -0.1) is 0 Å². The van der Waals surface area contributed by atoms with Crippen molar-refractivity contribution in [3.8, 4) is 0 Å². The average molecular weight is 498 g/mol. The second-order valence-corrected chi connectivity index (χ2v) is 9.51. The summed E-state index contributed by atoms with van der Waals surface area (Å²) < 4.78 is 2.15. The minimum absolute atomic E-state index is 0.0898. The summed E-state index contributed by atoms with van der Waals surface area (Å²) in [4.78, 5) is 34.5. The van der Waals surface area contributed by atoms with Crippen LogP contribution >= 0.6 is 15.9 Å². The summed E-state index contributed by atoms with van der Waals surface area (Å²) >= 11 is 3.38. The van der Waals surface area contributed by atoms with Gasteiger partial charge in [0.15, 0.2) is 0 Å². The summed E-state index contributed by atoms with van der Waals surface area (Å²) in [5, 5.41) is 3.48. The number of rotatable bonds is 6. The van der Waals surface area contributed by atoms with Gasteiger partial charge in [0.1, 0.15) is 6.54 Å². The molecule has 1 saturated heterocycles. The highest BCUT2D eigenvalue weighted by Crippen LogP contribution is 2.30. The Morgan fingerprint density at radius 2 is 1.94 bits per heavy atom. The molecule has 0 aliphatic carbocycles. The fourth-order valence-electron chi connectivity index (χ4n) is 4.32. The number of nitrogens with zero attached hydrogens (tertiary/aromatic N) is 4. The molecule has 0 atom stereocenters. The highest BCUT2D eigenvalue weighted by Gasteiger charge is 2.22. The maximum atomic E-state index is 12.8. The summed E-state index contributed by atoms with van der Waals surface area (Å²) in [6, 6.07) is 13.2. The van der Waals surface area contributed by atoms with Gasteiger partial charge < -0.3 is 15.1 Å². The molecule has 7 nitrogen and oxygen atoms in total. The molecule has 2 aromatic carbocycles. The third kappa shape index (κ3) is 5.19. The molecule has 0 saturated carbocycles. The molecule has 1 aliphatic heterocycles. The van der Waals surface area contributed by atoms with E-state index in [-0.39, 0.29) is 18.0 Å². The number of fused-ring (bicyclic) bond motifs is 1. The van der Waals surface area contributed by atoms with Crippen molar-refractivity contribution in [2.45, 2.75) is 19.4 Å². The molecule has 4 rings (SSSR count). The molecule has 3 aromatic rings. The van der Waals surface area contributed by atoms with E-state index >= 15 is 0 Å². The van der Waals surface area contributed by atoms with Gasteiger partial charge in [-0.05, 0) is 63.2 Å². The summed E-state index contributed by atoms with van der Waals surface area (Å²) in [7, 11) is 4.23. The summed E-state index contributed by atoms with van der Waals surface area (Å²) in [5.74, 6) is 0.452. The molecule has 1 aliphatic rings. The van der Waals surface area contributed by atoms with E-state index in [0.717, 1.165) is 48.3 Å². The van der Waals surface area contributed by atoms with Crippen LogP contribution in [0.2, 0.25) is 0 Å². The van der Waals surface area contributed by atoms with Gasteiger partial charge in [0.25, 0.3) is 5.56 Å². The molecule has 1 N–H and O–H groups in total. The minimum atomic E-state index is -0.252. The predicted octanol–water partition coefficient (Wildman–Crippen LogP) is 3.58. The number of amides is 1. The molecule has 0 unspecified atom stereocenters. The Bertz CT molecular complexity index is 1170. The lowest BCUT2D eigenvalue weighted by molar-refractivity contribution is -0.116. The third-order valence-electron chi connectivity index (χ3n) is 5.86. The van der Waals surface area contributed by atoms with Crippen molar-refractivity contribution >= 4 is 44.1 Å². The average Bonchev–Trinajstić information content (AvgIpc) is 2.77. The van der Waals surface area contributed by atoms with Crippen LogP contribution in [-0.2, 0) is 11.3 Å². The summed E-state index contributed by atoms with van der Waals surface area (Å²) in [6.45, 7) is 2.95. The third-order valence-corrected chi connectivity index (χ3v) is 6.35. The molecule has 32 heavy (non-hydrogen) atoms. The second-order valence-electron chi connectivity index (χ2n) is 8.60. The van der Waals surface area contributed by atoms with Crippen LogP contribution in [0.1, 0.15) is 12.8 Å². The molecule has 0 bridgehead atoms. The first-order valence-electron chi connectivity index (χ1n) is 10.8. The second kappa shape index (κ2) is 9.83. The van der Waals surface area contributed by atoms with Crippen LogP contribution in [0.4, 0.5) is 11.4 Å². The van der Waals surface area contributed by atoms with Crippen molar-refractivity contribution in [1.82, 2.24) is 14.5 Å². The number of aromatic nitrogens is 2. The fourth-order valence-corrected chi connectivity index (χ4v) is 4.68. The molecule has 0 spiro atoms. The van der Waals surface area contributed by atoms with Crippen molar-refractivity contribution in [1.29, 1.82) is 0 Å². The number of piperidine rings is 1. The number of anilines is 2. The van der Waals surface area contributed by atoms with Crippen molar-refractivity contribution in [2.24, 2.45) is 5.92 Å². The van der Waals surface area contributed by atoms with Gasteiger partial charge in [-0.2, -0.15) is 0 Å². The van der Waals surface area contributed by atoms with Gasteiger partial charge in [-0.1, -0.05) is 28.1 Å². The Morgan fingerprint density at radius 1 is 1.19 bits per heavy atom. The monoisotopic (exact) mass is 497 g/mol. The first-order chi connectivity index (χ1) is 15.4. The summed E-state index contributed by atoms with van der Waals surface area (Å²) in [5.41, 5.74) is 2.17. The molecule has 168 valence electrons. The number of benzene rings is 2. The topological polar surface area (TPSA) is 70.5 Å². The van der Waals surface area contributed by atoms with Crippen molar-refractivity contribution in [2.75, 3.05) is 43.9 Å². The first-order valence-corrected chi connectivity index (χ1v) is 11.6. The minimum Gasteiger partial charge on any atom is -0.370 e. The number of carbonyl (C=O) groups is 1. The van der Waals surface area contributed by atoms with Crippen molar-refractivity contribution in [3.63, 3.8) is 0 Å². The zero-order chi connectivity index (χ0) is 22.7. The lowest BCUT2D eigenvalue weighted by atomic mass is 9.96. The number of nitrogens with one attached hydrogen (secondary N) is 1.